The molecular weight excluding hydrogens is 394 g/mol. The van der Waals surface area contributed by atoms with Gasteiger partial charge in [0.15, 0.2) is 5.78 Å². The molecule has 30 heavy (non-hydrogen) atoms. The fraction of sp³-hybridized carbons (Fsp3) is 0.227. The third-order valence-corrected chi connectivity index (χ3v) is 4.59. The zero-order chi connectivity index (χ0) is 21.8. The van der Waals surface area contributed by atoms with Crippen LogP contribution in [0.4, 0.5) is 13.6 Å². The van der Waals surface area contributed by atoms with Crippen LogP contribution < -0.4 is 10.5 Å². The number of halogens is 2. The summed E-state index contributed by atoms with van der Waals surface area (Å²) in [5.41, 5.74) is 4.49. The Bertz CT molecular complexity index is 1090. The molecule has 0 aliphatic heterocycles. The predicted octanol–water partition coefficient (Wildman–Crippen LogP) is 4.69. The van der Waals surface area contributed by atoms with Crippen LogP contribution in [0, 0.1) is 11.6 Å². The molecule has 0 aliphatic rings. The highest BCUT2D eigenvalue weighted by molar-refractivity contribution is 6.17. The number of carbonyl (C=O) groups excluding carboxylic acids is 2. The van der Waals surface area contributed by atoms with E-state index in [1.165, 1.54) is 12.3 Å². The van der Waals surface area contributed by atoms with Crippen molar-refractivity contribution < 1.29 is 27.8 Å². The Labute approximate surface area is 171 Å². The number of pyridine rings is 1. The summed E-state index contributed by atoms with van der Waals surface area (Å²) in [4.78, 5) is 28.2. The van der Waals surface area contributed by atoms with E-state index in [1.807, 2.05) is 0 Å². The lowest BCUT2D eigenvalue weighted by molar-refractivity contribution is 0.101. The van der Waals surface area contributed by atoms with Gasteiger partial charge in [-0.25, -0.2) is 18.6 Å². The number of amides is 1. The second-order valence-corrected chi connectivity index (χ2v) is 6.47. The smallest absolute Gasteiger partial charge is 0.405 e. The van der Waals surface area contributed by atoms with Gasteiger partial charge in [0.05, 0.1) is 12.2 Å². The Morgan fingerprint density at radius 3 is 2.40 bits per heavy atom. The van der Waals surface area contributed by atoms with Gasteiger partial charge in [-0.2, -0.15) is 0 Å². The minimum Gasteiger partial charge on any atom is -0.478 e. The average molecular weight is 414 g/mol. The lowest BCUT2D eigenvalue weighted by Crippen LogP contribution is -2.18. The van der Waals surface area contributed by atoms with E-state index >= 15 is 0 Å². The highest BCUT2D eigenvalue weighted by Gasteiger charge is 2.25. The van der Waals surface area contributed by atoms with Crippen LogP contribution in [-0.2, 0) is 4.74 Å². The first-order valence-corrected chi connectivity index (χ1v) is 9.37. The van der Waals surface area contributed by atoms with E-state index in [0.717, 1.165) is 12.1 Å². The third kappa shape index (κ3) is 4.07. The highest BCUT2D eigenvalue weighted by Crippen LogP contribution is 2.30. The maximum Gasteiger partial charge on any atom is 0.405 e. The zero-order valence-electron chi connectivity index (χ0n) is 16.4. The number of ether oxygens (including phenoxy) is 2. The van der Waals surface area contributed by atoms with Gasteiger partial charge in [-0.05, 0) is 48.6 Å². The van der Waals surface area contributed by atoms with Crippen LogP contribution in [0.3, 0.4) is 0 Å². The molecule has 1 atom stereocenters. The Hall–Kier alpha value is -3.55. The monoisotopic (exact) mass is 414 g/mol. The molecule has 0 saturated carbocycles. The number of benzene rings is 2. The minimum absolute atomic E-state index is 0.0728. The molecule has 156 valence electrons. The number of carbonyl (C=O) groups is 2. The van der Waals surface area contributed by atoms with E-state index in [1.54, 1.807) is 32.0 Å². The van der Waals surface area contributed by atoms with E-state index in [0.29, 0.717) is 23.3 Å². The molecule has 3 aromatic rings. The van der Waals surface area contributed by atoms with Crippen LogP contribution in [0.2, 0.25) is 0 Å². The molecule has 0 unspecified atom stereocenters. The second-order valence-electron chi connectivity index (χ2n) is 6.47. The van der Waals surface area contributed by atoms with Crippen molar-refractivity contribution in [3.8, 4) is 5.88 Å². The molecule has 8 heteroatoms. The molecular formula is C22H20F2N2O4. The SMILES string of the molecule is CCOc1nccc2c(C(=O)c3c(F)cc([C@@H](CC)OC(N)=O)cc3F)cccc12. The highest BCUT2D eigenvalue weighted by atomic mass is 19.1. The van der Waals surface area contributed by atoms with E-state index in [-0.39, 0.29) is 17.5 Å². The molecule has 0 saturated heterocycles. The Morgan fingerprint density at radius 1 is 1.10 bits per heavy atom. The Kier molecular flexibility index (Phi) is 6.25. The number of hydrogen-bond acceptors (Lipinski definition) is 5. The van der Waals surface area contributed by atoms with Gasteiger partial charge in [-0.3, -0.25) is 4.79 Å². The largest absolute Gasteiger partial charge is 0.478 e. The van der Waals surface area contributed by atoms with Crippen molar-refractivity contribution in [2.75, 3.05) is 6.61 Å². The fourth-order valence-electron chi connectivity index (χ4n) is 3.29. The average Bonchev–Trinajstić information content (AvgIpc) is 2.71. The van der Waals surface area contributed by atoms with E-state index in [4.69, 9.17) is 15.2 Å². The molecule has 0 bridgehead atoms. The van der Waals surface area contributed by atoms with Crippen LogP contribution in [0.15, 0.2) is 42.6 Å². The summed E-state index contributed by atoms with van der Waals surface area (Å²) in [6.45, 7) is 3.84. The van der Waals surface area contributed by atoms with Gasteiger partial charge in [-0.15, -0.1) is 0 Å². The minimum atomic E-state index is -1.06. The number of fused-ring (bicyclic) bond motifs is 1. The van der Waals surface area contributed by atoms with Crippen molar-refractivity contribution in [3.63, 3.8) is 0 Å². The van der Waals surface area contributed by atoms with Gasteiger partial charge >= 0.3 is 6.09 Å². The van der Waals surface area contributed by atoms with Gasteiger partial charge in [-0.1, -0.05) is 19.1 Å². The van der Waals surface area contributed by atoms with Gasteiger partial charge in [0, 0.05) is 17.1 Å². The van der Waals surface area contributed by atoms with Crippen LogP contribution in [-0.4, -0.2) is 23.5 Å². The van der Waals surface area contributed by atoms with Crippen molar-refractivity contribution in [2.45, 2.75) is 26.4 Å². The van der Waals surface area contributed by atoms with E-state index in [9.17, 15) is 18.4 Å². The summed E-state index contributed by atoms with van der Waals surface area (Å²) in [5.74, 6) is -2.61. The Balaban J connectivity index is 2.08. The number of ketones is 1. The first kappa shape index (κ1) is 21.2. The van der Waals surface area contributed by atoms with E-state index < -0.39 is 35.2 Å². The maximum absolute atomic E-state index is 14.8. The number of rotatable bonds is 7. The second kappa shape index (κ2) is 8.86. The fourth-order valence-corrected chi connectivity index (χ4v) is 3.29. The normalized spacial score (nSPS) is 11.9. The number of hydrogen-bond donors (Lipinski definition) is 1. The van der Waals surface area contributed by atoms with Crippen LogP contribution in [0.1, 0.15) is 47.9 Å². The molecule has 2 aromatic carbocycles. The molecule has 0 aliphatic carbocycles. The van der Waals surface area contributed by atoms with Gasteiger partial charge < -0.3 is 15.2 Å². The maximum atomic E-state index is 14.8. The summed E-state index contributed by atoms with van der Waals surface area (Å²) < 4.78 is 40.0. The molecule has 6 nitrogen and oxygen atoms in total. The summed E-state index contributed by atoms with van der Waals surface area (Å²) >= 11 is 0. The number of nitrogens with zero attached hydrogens (tertiary/aromatic N) is 1. The van der Waals surface area contributed by atoms with Crippen molar-refractivity contribution in [3.05, 3.63) is 70.9 Å². The molecule has 1 aromatic heterocycles. The standard InChI is InChI=1S/C22H20F2N2O4/c1-3-18(30-22(25)28)12-10-16(23)19(17(24)11-12)20(27)14-6-5-7-15-13(14)8-9-26-21(15)29-4-2/h5-11,18H,3-4H2,1-2H3,(H2,25,28)/t18-/m1/s1. The lowest BCUT2D eigenvalue weighted by atomic mass is 9.95. The quantitative estimate of drug-likeness (QED) is 0.567. The molecule has 0 radical (unpaired) electrons. The molecule has 1 heterocycles. The van der Waals surface area contributed by atoms with Crippen molar-refractivity contribution in [2.24, 2.45) is 5.73 Å². The number of nitrogens with two attached hydrogens (primary N) is 1. The first-order valence-electron chi connectivity index (χ1n) is 9.37. The zero-order valence-corrected chi connectivity index (χ0v) is 16.4. The van der Waals surface area contributed by atoms with Gasteiger partial charge in [0.2, 0.25) is 5.88 Å². The first-order chi connectivity index (χ1) is 14.4. The Morgan fingerprint density at radius 2 is 1.80 bits per heavy atom. The topological polar surface area (TPSA) is 91.5 Å². The molecule has 0 spiro atoms. The van der Waals surface area contributed by atoms with Crippen LogP contribution in [0.25, 0.3) is 10.8 Å². The van der Waals surface area contributed by atoms with Crippen molar-refractivity contribution in [1.29, 1.82) is 0 Å². The molecule has 1 amide bonds. The third-order valence-electron chi connectivity index (χ3n) is 4.59. The lowest BCUT2D eigenvalue weighted by Gasteiger charge is -2.16. The summed E-state index contributed by atoms with van der Waals surface area (Å²) in [6.07, 6.45) is -0.260. The van der Waals surface area contributed by atoms with Crippen LogP contribution in [0.5, 0.6) is 5.88 Å². The van der Waals surface area contributed by atoms with Crippen molar-refractivity contribution >= 4 is 22.6 Å². The summed E-state index contributed by atoms with van der Waals surface area (Å²) in [5, 5.41) is 1.02. The number of aromatic nitrogens is 1. The van der Waals surface area contributed by atoms with Gasteiger partial charge in [0.1, 0.15) is 17.7 Å². The van der Waals surface area contributed by atoms with Crippen molar-refractivity contribution in [1.82, 2.24) is 4.98 Å². The number of primary amides is 1. The van der Waals surface area contributed by atoms with Gasteiger partial charge in [0.25, 0.3) is 0 Å². The summed E-state index contributed by atoms with van der Waals surface area (Å²) in [6, 6.07) is 8.34. The predicted molar refractivity (Wildman–Crippen MR) is 106 cm³/mol. The summed E-state index contributed by atoms with van der Waals surface area (Å²) in [7, 11) is 0. The molecule has 2 N–H and O–H groups in total. The van der Waals surface area contributed by atoms with E-state index in [2.05, 4.69) is 4.98 Å². The molecule has 0 fully saturated rings. The van der Waals surface area contributed by atoms with Crippen LogP contribution >= 0.6 is 0 Å². The molecule has 3 rings (SSSR count).